The third-order valence-corrected chi connectivity index (χ3v) is 2.08. The van der Waals surface area contributed by atoms with Crippen molar-refractivity contribution in [3.8, 4) is 12.3 Å². The monoisotopic (exact) mass is 138 g/mol. The predicted octanol–water partition coefficient (Wildman–Crippen LogP) is 3.08. The van der Waals surface area contributed by atoms with Crippen molar-refractivity contribution in [3.63, 3.8) is 0 Å². The predicted molar refractivity (Wildman–Crippen MR) is 46.7 cm³/mol. The van der Waals surface area contributed by atoms with Gasteiger partial charge < -0.3 is 0 Å². The fourth-order valence-corrected chi connectivity index (χ4v) is 1.39. The lowest BCUT2D eigenvalue weighted by molar-refractivity contribution is 0.519. The van der Waals surface area contributed by atoms with Gasteiger partial charge in [-0.25, -0.2) is 0 Å². The molecule has 1 saturated carbocycles. The number of rotatable bonds is 0. The highest BCUT2D eigenvalue weighted by atomic mass is 14.2. The molecule has 0 radical (unpaired) electrons. The summed E-state index contributed by atoms with van der Waals surface area (Å²) in [5.41, 5.74) is 0. The van der Waals surface area contributed by atoms with E-state index in [0.29, 0.717) is 5.92 Å². The summed E-state index contributed by atoms with van der Waals surface area (Å²) in [5, 5.41) is 0. The molecule has 58 valence electrons. The SMILES string of the molecule is C#CC1CCCC1C.CC. The second-order valence-electron chi connectivity index (χ2n) is 2.68. The van der Waals surface area contributed by atoms with Crippen LogP contribution >= 0.6 is 0 Å². The van der Waals surface area contributed by atoms with E-state index in [0.717, 1.165) is 5.92 Å². The Morgan fingerprint density at radius 3 is 2.10 bits per heavy atom. The number of hydrogen-bond acceptors (Lipinski definition) is 0. The molecule has 0 aromatic carbocycles. The van der Waals surface area contributed by atoms with Crippen LogP contribution in [0.15, 0.2) is 0 Å². The Bertz CT molecular complexity index is 108. The zero-order valence-electron chi connectivity index (χ0n) is 7.35. The zero-order valence-corrected chi connectivity index (χ0v) is 7.35. The molecule has 1 rings (SSSR count). The highest BCUT2D eigenvalue weighted by molar-refractivity contribution is 4.97. The standard InChI is InChI=1S/C8H12.C2H6/c1-3-8-6-4-5-7(8)2;1-2/h1,7-8H,4-6H2,2H3;1-2H3. The van der Waals surface area contributed by atoms with Crippen LogP contribution < -0.4 is 0 Å². The van der Waals surface area contributed by atoms with E-state index in [9.17, 15) is 0 Å². The lowest BCUT2D eigenvalue weighted by Crippen LogP contribution is -1.98. The van der Waals surface area contributed by atoms with E-state index in [-0.39, 0.29) is 0 Å². The summed E-state index contributed by atoms with van der Waals surface area (Å²) in [6.45, 7) is 6.25. The molecule has 1 aliphatic rings. The average molecular weight is 138 g/mol. The van der Waals surface area contributed by atoms with Crippen LogP contribution in [-0.4, -0.2) is 0 Å². The van der Waals surface area contributed by atoms with Crippen LogP contribution in [0, 0.1) is 24.2 Å². The Hall–Kier alpha value is -0.440. The van der Waals surface area contributed by atoms with Gasteiger partial charge in [0.25, 0.3) is 0 Å². The fourth-order valence-electron chi connectivity index (χ4n) is 1.39. The summed E-state index contributed by atoms with van der Waals surface area (Å²) >= 11 is 0. The summed E-state index contributed by atoms with van der Waals surface area (Å²) in [6, 6.07) is 0. The number of hydrogen-bond donors (Lipinski definition) is 0. The van der Waals surface area contributed by atoms with Gasteiger partial charge in [-0.15, -0.1) is 12.3 Å². The van der Waals surface area contributed by atoms with Crippen LogP contribution in [-0.2, 0) is 0 Å². The first-order valence-electron chi connectivity index (χ1n) is 4.30. The summed E-state index contributed by atoms with van der Waals surface area (Å²) in [7, 11) is 0. The first-order valence-corrected chi connectivity index (χ1v) is 4.30. The van der Waals surface area contributed by atoms with Gasteiger partial charge in [0.05, 0.1) is 0 Å². The van der Waals surface area contributed by atoms with Gasteiger partial charge in [0, 0.05) is 5.92 Å². The first-order chi connectivity index (χ1) is 4.84. The molecule has 0 N–H and O–H groups in total. The van der Waals surface area contributed by atoms with Crippen molar-refractivity contribution >= 4 is 0 Å². The average Bonchev–Trinajstić information content (AvgIpc) is 2.39. The second-order valence-corrected chi connectivity index (χ2v) is 2.68. The van der Waals surface area contributed by atoms with E-state index < -0.39 is 0 Å². The van der Waals surface area contributed by atoms with Crippen molar-refractivity contribution in [1.82, 2.24) is 0 Å². The third kappa shape index (κ3) is 2.43. The molecule has 0 spiro atoms. The van der Waals surface area contributed by atoms with Crippen molar-refractivity contribution in [3.05, 3.63) is 0 Å². The fraction of sp³-hybridized carbons (Fsp3) is 0.800. The first kappa shape index (κ1) is 9.56. The Labute approximate surface area is 65.0 Å². The smallest absolute Gasteiger partial charge is 0.0225 e. The number of terminal acetylenes is 1. The van der Waals surface area contributed by atoms with Crippen LogP contribution in [0.2, 0.25) is 0 Å². The molecule has 1 aliphatic carbocycles. The summed E-state index contributed by atoms with van der Waals surface area (Å²) in [5.74, 6) is 4.20. The molecule has 2 atom stereocenters. The summed E-state index contributed by atoms with van der Waals surface area (Å²) < 4.78 is 0. The highest BCUT2D eigenvalue weighted by Gasteiger charge is 2.20. The topological polar surface area (TPSA) is 0 Å². The maximum atomic E-state index is 5.27. The highest BCUT2D eigenvalue weighted by Crippen LogP contribution is 2.29. The molecule has 0 heteroatoms. The van der Waals surface area contributed by atoms with Crippen LogP contribution in [0.25, 0.3) is 0 Å². The molecule has 2 unspecified atom stereocenters. The lowest BCUT2D eigenvalue weighted by atomic mass is 10.00. The van der Waals surface area contributed by atoms with Gasteiger partial charge >= 0.3 is 0 Å². The Morgan fingerprint density at radius 1 is 1.30 bits per heavy atom. The van der Waals surface area contributed by atoms with Gasteiger partial charge in [-0.1, -0.05) is 27.2 Å². The molecular weight excluding hydrogens is 120 g/mol. The van der Waals surface area contributed by atoms with Crippen molar-refractivity contribution < 1.29 is 0 Å². The van der Waals surface area contributed by atoms with Crippen molar-refractivity contribution in [1.29, 1.82) is 0 Å². The van der Waals surface area contributed by atoms with E-state index in [4.69, 9.17) is 6.42 Å². The maximum Gasteiger partial charge on any atom is 0.0225 e. The minimum atomic E-state index is 0.593. The van der Waals surface area contributed by atoms with Crippen LogP contribution in [0.4, 0.5) is 0 Å². The molecule has 0 aromatic heterocycles. The second kappa shape index (κ2) is 5.35. The maximum absolute atomic E-state index is 5.27. The van der Waals surface area contributed by atoms with Crippen molar-refractivity contribution in [2.75, 3.05) is 0 Å². The largest absolute Gasteiger partial charge is 0.120 e. The van der Waals surface area contributed by atoms with Gasteiger partial charge in [-0.2, -0.15) is 0 Å². The van der Waals surface area contributed by atoms with Gasteiger partial charge in [0.2, 0.25) is 0 Å². The summed E-state index contributed by atoms with van der Waals surface area (Å²) in [4.78, 5) is 0. The van der Waals surface area contributed by atoms with Crippen molar-refractivity contribution in [2.24, 2.45) is 11.8 Å². The van der Waals surface area contributed by atoms with E-state index in [1.54, 1.807) is 0 Å². The van der Waals surface area contributed by atoms with Gasteiger partial charge in [0.1, 0.15) is 0 Å². The van der Waals surface area contributed by atoms with E-state index in [2.05, 4.69) is 12.8 Å². The normalized spacial score (nSPS) is 30.2. The van der Waals surface area contributed by atoms with Gasteiger partial charge in [0.15, 0.2) is 0 Å². The minimum absolute atomic E-state index is 0.593. The molecule has 0 bridgehead atoms. The Morgan fingerprint density at radius 2 is 1.90 bits per heavy atom. The molecular formula is C10H18. The van der Waals surface area contributed by atoms with Gasteiger partial charge in [-0.05, 0) is 18.8 Å². The molecule has 0 aliphatic heterocycles. The molecule has 1 fully saturated rings. The van der Waals surface area contributed by atoms with Crippen molar-refractivity contribution in [2.45, 2.75) is 40.0 Å². The van der Waals surface area contributed by atoms with E-state index >= 15 is 0 Å². The van der Waals surface area contributed by atoms with E-state index in [1.165, 1.54) is 19.3 Å². The summed E-state index contributed by atoms with van der Waals surface area (Å²) in [6.07, 6.45) is 9.22. The Kier molecular flexibility index (Phi) is 5.12. The van der Waals surface area contributed by atoms with Gasteiger partial charge in [-0.3, -0.25) is 0 Å². The van der Waals surface area contributed by atoms with Crippen LogP contribution in [0.5, 0.6) is 0 Å². The molecule has 0 heterocycles. The quantitative estimate of drug-likeness (QED) is 0.451. The van der Waals surface area contributed by atoms with Crippen LogP contribution in [0.1, 0.15) is 40.0 Å². The molecule has 10 heavy (non-hydrogen) atoms. The molecule has 0 saturated heterocycles. The minimum Gasteiger partial charge on any atom is -0.120 e. The molecule has 0 aromatic rings. The Balaban J connectivity index is 0.000000371. The molecule has 0 amide bonds. The zero-order chi connectivity index (χ0) is 7.98. The third-order valence-electron chi connectivity index (χ3n) is 2.08. The van der Waals surface area contributed by atoms with E-state index in [1.807, 2.05) is 13.8 Å². The van der Waals surface area contributed by atoms with Crippen LogP contribution in [0.3, 0.4) is 0 Å². The molecule has 0 nitrogen and oxygen atoms in total. The lowest BCUT2D eigenvalue weighted by Gasteiger charge is -2.04.